The van der Waals surface area contributed by atoms with E-state index in [1.54, 1.807) is 54.6 Å². The molecule has 3 aromatic rings. The molecule has 0 fully saturated rings. The van der Waals surface area contributed by atoms with Gasteiger partial charge in [-0.15, -0.1) is 0 Å². The van der Waals surface area contributed by atoms with Gasteiger partial charge in [-0.1, -0.05) is 48.5 Å². The molecule has 8 heteroatoms. The molecule has 0 aliphatic rings. The normalized spacial score (nSPS) is 11.3. The van der Waals surface area contributed by atoms with Gasteiger partial charge in [0.05, 0.1) is 7.11 Å². The Labute approximate surface area is 180 Å². The van der Waals surface area contributed by atoms with Gasteiger partial charge in [-0.2, -0.15) is 13.7 Å². The van der Waals surface area contributed by atoms with Crippen molar-refractivity contribution >= 4 is 27.8 Å². The zero-order valence-corrected chi connectivity index (χ0v) is 17.3. The second-order valence-corrected chi connectivity index (χ2v) is 7.77. The van der Waals surface area contributed by atoms with E-state index in [-0.39, 0.29) is 27.5 Å². The molecule has 0 aliphatic carbocycles. The highest BCUT2D eigenvalue weighted by molar-refractivity contribution is 7.87. The Morgan fingerprint density at radius 3 is 2.23 bits per heavy atom. The van der Waals surface area contributed by atoms with E-state index in [1.807, 2.05) is 6.07 Å². The van der Waals surface area contributed by atoms with Crippen molar-refractivity contribution < 1.29 is 22.1 Å². The number of benzene rings is 3. The minimum absolute atomic E-state index is 0.0434. The predicted molar refractivity (Wildman–Crippen MR) is 116 cm³/mol. The van der Waals surface area contributed by atoms with Gasteiger partial charge in [0.1, 0.15) is 16.5 Å². The predicted octanol–water partition coefficient (Wildman–Crippen LogP) is 4.01. The summed E-state index contributed by atoms with van der Waals surface area (Å²) in [5.74, 6) is -0.642. The average molecular weight is 434 g/mol. The summed E-state index contributed by atoms with van der Waals surface area (Å²) < 4.78 is 36.0. The van der Waals surface area contributed by atoms with E-state index < -0.39 is 16.0 Å². The fourth-order valence-electron chi connectivity index (χ4n) is 2.67. The number of amides is 1. The monoisotopic (exact) mass is 434 g/mol. The molecule has 0 aliphatic heterocycles. The number of rotatable bonds is 7. The van der Waals surface area contributed by atoms with Crippen LogP contribution in [0.1, 0.15) is 5.56 Å². The summed E-state index contributed by atoms with van der Waals surface area (Å²) in [6.45, 7) is 0. The minimum atomic E-state index is -4.17. The van der Waals surface area contributed by atoms with Crippen LogP contribution in [0, 0.1) is 11.3 Å². The zero-order chi connectivity index (χ0) is 22.3. The SMILES string of the molecule is COc1cccc(/C=C(\C#N)C(=O)Nc2ccccc2)c1OS(=O)(=O)c1ccccc1. The molecule has 0 atom stereocenters. The van der Waals surface area contributed by atoms with Gasteiger partial charge in [-0.3, -0.25) is 4.79 Å². The van der Waals surface area contributed by atoms with E-state index >= 15 is 0 Å². The molecule has 0 aromatic heterocycles. The van der Waals surface area contributed by atoms with Crippen molar-refractivity contribution in [2.75, 3.05) is 12.4 Å². The third kappa shape index (κ3) is 5.29. The fraction of sp³-hybridized carbons (Fsp3) is 0.0435. The zero-order valence-electron chi connectivity index (χ0n) is 16.5. The molecule has 0 radical (unpaired) electrons. The van der Waals surface area contributed by atoms with Gasteiger partial charge in [0, 0.05) is 11.3 Å². The van der Waals surface area contributed by atoms with Gasteiger partial charge in [0.25, 0.3) is 5.91 Å². The number of hydrogen-bond donors (Lipinski definition) is 1. The summed E-state index contributed by atoms with van der Waals surface area (Å²) >= 11 is 0. The summed E-state index contributed by atoms with van der Waals surface area (Å²) in [6.07, 6.45) is 1.25. The maximum atomic E-state index is 12.7. The highest BCUT2D eigenvalue weighted by Crippen LogP contribution is 2.35. The first-order valence-electron chi connectivity index (χ1n) is 9.09. The molecular formula is C23H18N2O5S. The second-order valence-electron chi connectivity index (χ2n) is 6.22. The topological polar surface area (TPSA) is 105 Å². The number of nitriles is 1. The van der Waals surface area contributed by atoms with Crippen molar-refractivity contribution in [3.8, 4) is 17.6 Å². The summed E-state index contributed by atoms with van der Waals surface area (Å²) in [5, 5.41) is 12.1. The van der Waals surface area contributed by atoms with Gasteiger partial charge >= 0.3 is 10.1 Å². The molecule has 0 unspecified atom stereocenters. The molecule has 0 spiro atoms. The maximum absolute atomic E-state index is 12.7. The highest BCUT2D eigenvalue weighted by Gasteiger charge is 2.22. The molecule has 7 nitrogen and oxygen atoms in total. The van der Waals surface area contributed by atoms with Crippen LogP contribution >= 0.6 is 0 Å². The molecule has 3 aromatic carbocycles. The van der Waals surface area contributed by atoms with Crippen LogP contribution in [0.4, 0.5) is 5.69 Å². The fourth-order valence-corrected chi connectivity index (χ4v) is 3.65. The smallest absolute Gasteiger partial charge is 0.339 e. The van der Waals surface area contributed by atoms with Crippen LogP contribution in [0.3, 0.4) is 0 Å². The van der Waals surface area contributed by atoms with Gasteiger partial charge in [0.2, 0.25) is 0 Å². The van der Waals surface area contributed by atoms with E-state index in [4.69, 9.17) is 8.92 Å². The third-order valence-corrected chi connectivity index (χ3v) is 5.39. The number of carbonyl (C=O) groups is 1. The van der Waals surface area contributed by atoms with Gasteiger partial charge < -0.3 is 14.2 Å². The lowest BCUT2D eigenvalue weighted by molar-refractivity contribution is -0.112. The number of anilines is 1. The number of carbonyl (C=O) groups excluding carboxylic acids is 1. The number of hydrogen-bond acceptors (Lipinski definition) is 6. The molecule has 0 saturated carbocycles. The van der Waals surface area contributed by atoms with E-state index in [9.17, 15) is 18.5 Å². The Morgan fingerprint density at radius 1 is 0.968 bits per heavy atom. The molecule has 1 N–H and O–H groups in total. The Kier molecular flexibility index (Phi) is 6.70. The maximum Gasteiger partial charge on any atom is 0.339 e. The van der Waals surface area contributed by atoms with Crippen molar-refractivity contribution in [1.82, 2.24) is 0 Å². The first-order chi connectivity index (χ1) is 14.9. The standard InChI is InChI=1S/C23H18N2O5S/c1-29-21-14-8-9-17(22(21)30-31(27,28)20-12-6-3-7-13-20)15-18(16-24)23(26)25-19-10-4-2-5-11-19/h2-15H,1H3,(H,25,26)/b18-15+. The molecule has 31 heavy (non-hydrogen) atoms. The van der Waals surface area contributed by atoms with Crippen molar-refractivity contribution in [3.63, 3.8) is 0 Å². The molecule has 0 bridgehead atoms. The highest BCUT2D eigenvalue weighted by atomic mass is 32.2. The second kappa shape index (κ2) is 9.61. The Morgan fingerprint density at radius 2 is 1.61 bits per heavy atom. The summed E-state index contributed by atoms with van der Waals surface area (Å²) in [4.78, 5) is 12.5. The quantitative estimate of drug-likeness (QED) is 0.342. The van der Waals surface area contributed by atoms with Gasteiger partial charge in [-0.05, 0) is 36.4 Å². The summed E-state index contributed by atoms with van der Waals surface area (Å²) in [7, 11) is -2.81. The number of ether oxygens (including phenoxy) is 1. The van der Waals surface area contributed by atoms with Crippen LogP contribution in [0.15, 0.2) is 89.3 Å². The van der Waals surface area contributed by atoms with E-state index in [0.717, 1.165) is 0 Å². The minimum Gasteiger partial charge on any atom is -0.493 e. The Bertz CT molecular complexity index is 1250. The Hall–Kier alpha value is -4.09. The van der Waals surface area contributed by atoms with E-state index in [2.05, 4.69) is 5.32 Å². The lowest BCUT2D eigenvalue weighted by Crippen LogP contribution is -2.14. The van der Waals surface area contributed by atoms with Gasteiger partial charge in [-0.25, -0.2) is 0 Å². The third-order valence-electron chi connectivity index (χ3n) is 4.15. The lowest BCUT2D eigenvalue weighted by atomic mass is 10.1. The molecular weight excluding hydrogens is 416 g/mol. The van der Waals surface area contributed by atoms with E-state index in [1.165, 1.54) is 37.5 Å². The van der Waals surface area contributed by atoms with Crippen LogP contribution in [0.25, 0.3) is 6.08 Å². The number of methoxy groups -OCH3 is 1. The van der Waals surface area contributed by atoms with Crippen molar-refractivity contribution in [3.05, 3.63) is 90.0 Å². The van der Waals surface area contributed by atoms with Gasteiger partial charge in [0.15, 0.2) is 11.5 Å². The van der Waals surface area contributed by atoms with Crippen LogP contribution in [-0.2, 0) is 14.9 Å². The summed E-state index contributed by atoms with van der Waals surface area (Å²) in [5.41, 5.74) is 0.472. The number of nitrogens with zero attached hydrogens (tertiary/aromatic N) is 1. The number of nitrogens with one attached hydrogen (secondary N) is 1. The first-order valence-corrected chi connectivity index (χ1v) is 10.5. The van der Waals surface area contributed by atoms with Crippen molar-refractivity contribution in [1.29, 1.82) is 5.26 Å². The number of para-hydroxylation sites is 2. The van der Waals surface area contributed by atoms with Crippen LogP contribution in [0.2, 0.25) is 0 Å². The largest absolute Gasteiger partial charge is 0.493 e. The average Bonchev–Trinajstić information content (AvgIpc) is 2.79. The van der Waals surface area contributed by atoms with E-state index in [0.29, 0.717) is 5.69 Å². The molecule has 156 valence electrons. The molecule has 0 saturated heterocycles. The van der Waals surface area contributed by atoms with Crippen LogP contribution < -0.4 is 14.2 Å². The lowest BCUT2D eigenvalue weighted by Gasteiger charge is -2.13. The molecule has 0 heterocycles. The Balaban J connectivity index is 1.99. The van der Waals surface area contributed by atoms with Crippen LogP contribution in [-0.4, -0.2) is 21.4 Å². The first kappa shape index (κ1) is 21.6. The van der Waals surface area contributed by atoms with Crippen LogP contribution in [0.5, 0.6) is 11.5 Å². The molecule has 3 rings (SSSR count). The summed E-state index contributed by atoms with van der Waals surface area (Å²) in [6, 6.07) is 22.7. The molecule has 1 amide bonds. The van der Waals surface area contributed by atoms with Crippen molar-refractivity contribution in [2.45, 2.75) is 4.90 Å². The van der Waals surface area contributed by atoms with Crippen molar-refractivity contribution in [2.24, 2.45) is 0 Å².